The van der Waals surface area contributed by atoms with Crippen molar-refractivity contribution in [2.75, 3.05) is 20.3 Å². The highest BCUT2D eigenvalue weighted by Gasteiger charge is 2.20. The summed E-state index contributed by atoms with van der Waals surface area (Å²) >= 11 is 0. The number of benzene rings is 1. The molecule has 0 unspecified atom stereocenters. The van der Waals surface area contributed by atoms with Crippen molar-refractivity contribution in [3.05, 3.63) is 48.7 Å². The van der Waals surface area contributed by atoms with Crippen molar-refractivity contribution in [1.82, 2.24) is 23.5 Å². The Morgan fingerprint density at radius 2 is 1.86 bits per heavy atom. The van der Waals surface area contributed by atoms with Gasteiger partial charge < -0.3 is 19.1 Å². The third-order valence-corrected chi connectivity index (χ3v) is 8.42. The summed E-state index contributed by atoms with van der Waals surface area (Å²) in [7, 11) is 2.56. The Morgan fingerprint density at radius 1 is 1.06 bits per heavy atom. The number of rotatable bonds is 10. The number of methoxy groups -OCH3 is 1. The molecule has 5 aromatic rings. The lowest BCUT2D eigenvalue weighted by Gasteiger charge is -2.16. The lowest BCUT2D eigenvalue weighted by Crippen LogP contribution is -2.22. The number of hydrogen-bond acceptors (Lipinski definition) is 5. The predicted molar refractivity (Wildman–Crippen MR) is 146 cm³/mol. The van der Waals surface area contributed by atoms with Gasteiger partial charge in [0.05, 0.1) is 36.2 Å². The van der Waals surface area contributed by atoms with E-state index in [0.29, 0.717) is 19.6 Å². The molecule has 0 radical (unpaired) electrons. The van der Waals surface area contributed by atoms with Crippen molar-refractivity contribution >= 4 is 35.7 Å². The van der Waals surface area contributed by atoms with Crippen LogP contribution in [0.15, 0.2) is 42.9 Å². The third-order valence-electron chi connectivity index (χ3n) is 6.72. The minimum absolute atomic E-state index is 0.137. The van der Waals surface area contributed by atoms with Crippen LogP contribution in [0.3, 0.4) is 0 Å². The topological polar surface area (TPSA) is 78.7 Å². The maximum absolute atomic E-state index is 9.39. The molecule has 0 amide bonds. The Balaban J connectivity index is 1.69. The third kappa shape index (κ3) is 4.54. The number of aryl methyl sites for hydroxylation is 2. The van der Waals surface area contributed by atoms with Gasteiger partial charge in [0.2, 0.25) is 0 Å². The van der Waals surface area contributed by atoms with Crippen LogP contribution in [0.1, 0.15) is 12.2 Å². The van der Waals surface area contributed by atoms with Gasteiger partial charge in [0.15, 0.2) is 5.65 Å². The molecule has 0 aliphatic rings. The average molecular weight is 506 g/mol. The van der Waals surface area contributed by atoms with E-state index in [4.69, 9.17) is 14.5 Å². The summed E-state index contributed by atoms with van der Waals surface area (Å²) in [6.45, 7) is 8.37. The van der Waals surface area contributed by atoms with Crippen LogP contribution < -0.4 is 4.74 Å². The first kappa shape index (κ1) is 24.5. The van der Waals surface area contributed by atoms with Gasteiger partial charge in [0.25, 0.3) is 0 Å². The largest absolute Gasteiger partial charge is 0.497 e. The van der Waals surface area contributed by atoms with Crippen LogP contribution in [0.4, 0.5) is 0 Å². The second-order valence-electron chi connectivity index (χ2n) is 10.6. The van der Waals surface area contributed by atoms with Crippen molar-refractivity contribution < 1.29 is 14.6 Å². The number of hydrogen-bond donors (Lipinski definition) is 1. The zero-order chi connectivity index (χ0) is 25.4. The maximum Gasteiger partial charge on any atom is 0.159 e. The second-order valence-corrected chi connectivity index (χ2v) is 16.2. The molecule has 5 rings (SSSR count). The lowest BCUT2D eigenvalue weighted by atomic mass is 10.1. The molecular weight excluding hydrogens is 470 g/mol. The van der Waals surface area contributed by atoms with Gasteiger partial charge in [-0.25, -0.2) is 9.97 Å². The number of aliphatic hydroxyl groups is 1. The monoisotopic (exact) mass is 505 g/mol. The Hall–Kier alpha value is -3.14. The zero-order valence-corrected chi connectivity index (χ0v) is 22.8. The molecule has 4 heterocycles. The molecule has 4 aromatic heterocycles. The van der Waals surface area contributed by atoms with E-state index in [1.807, 2.05) is 18.5 Å². The molecular formula is C27H35N5O3Si. The fourth-order valence-corrected chi connectivity index (χ4v) is 5.49. The van der Waals surface area contributed by atoms with E-state index in [-0.39, 0.29) is 6.61 Å². The zero-order valence-electron chi connectivity index (χ0n) is 21.8. The van der Waals surface area contributed by atoms with Crippen LogP contribution in [0, 0.1) is 0 Å². The molecule has 190 valence electrons. The molecule has 0 saturated carbocycles. The van der Waals surface area contributed by atoms with E-state index < -0.39 is 8.07 Å². The second kappa shape index (κ2) is 9.72. The van der Waals surface area contributed by atoms with Crippen LogP contribution >= 0.6 is 0 Å². The summed E-state index contributed by atoms with van der Waals surface area (Å²) in [6, 6.07) is 9.47. The molecule has 0 atom stereocenters. The van der Waals surface area contributed by atoms with Crippen LogP contribution in [-0.2, 0) is 24.9 Å². The standard InChI is InChI=1S/C27H35N5O3Si/c1-30-17-22(21-13-20(34-2)8-9-23(21)30)24-14-25-27(31(24)18-35-11-12-36(3,4)5)29-16-19-15-28-26(32(19)25)7-6-10-33/h8-9,13-17,33H,6-7,10-12,18H2,1-5H3. The molecule has 0 fully saturated rings. The average Bonchev–Trinajstić information content (AvgIpc) is 3.52. The smallest absolute Gasteiger partial charge is 0.159 e. The van der Waals surface area contributed by atoms with E-state index in [2.05, 4.69) is 69.6 Å². The highest BCUT2D eigenvalue weighted by atomic mass is 28.3. The summed E-state index contributed by atoms with van der Waals surface area (Å²) in [4.78, 5) is 9.48. The first-order valence-electron chi connectivity index (χ1n) is 12.5. The molecule has 0 spiro atoms. The number of nitrogens with zero attached hydrogens (tertiary/aromatic N) is 5. The highest BCUT2D eigenvalue weighted by molar-refractivity contribution is 6.76. The summed E-state index contributed by atoms with van der Waals surface area (Å²) in [6.07, 6.45) is 7.24. The Bertz CT molecular complexity index is 1530. The summed E-state index contributed by atoms with van der Waals surface area (Å²) in [5.74, 6) is 1.75. The molecule has 1 N–H and O–H groups in total. The van der Waals surface area contributed by atoms with Crippen LogP contribution in [-0.4, -0.2) is 57.0 Å². The molecule has 0 bridgehead atoms. The molecule has 8 nitrogen and oxygen atoms in total. The summed E-state index contributed by atoms with van der Waals surface area (Å²) in [5.41, 5.74) is 6.06. The number of imidazole rings is 1. The fraction of sp³-hybridized carbons (Fsp3) is 0.407. The van der Waals surface area contributed by atoms with E-state index in [1.165, 1.54) is 0 Å². The summed E-state index contributed by atoms with van der Waals surface area (Å²) in [5, 5.41) is 10.5. The Kier molecular flexibility index (Phi) is 6.63. The SMILES string of the molecule is COc1ccc2c(c1)c(-c1cc3c(ncc4cnc(CCCO)n43)n1COCC[Si](C)(C)C)cn2C. The molecule has 0 saturated heterocycles. The van der Waals surface area contributed by atoms with Gasteiger partial charge in [-0.1, -0.05) is 19.6 Å². The Labute approximate surface area is 212 Å². The molecule has 9 heteroatoms. The first-order chi connectivity index (χ1) is 17.3. The predicted octanol–water partition coefficient (Wildman–Crippen LogP) is 5.09. The van der Waals surface area contributed by atoms with Gasteiger partial charge in [-0.05, 0) is 36.7 Å². The molecule has 0 aliphatic heterocycles. The minimum atomic E-state index is -1.20. The quantitative estimate of drug-likeness (QED) is 0.211. The van der Waals surface area contributed by atoms with Crippen molar-refractivity contribution in [3.63, 3.8) is 0 Å². The van der Waals surface area contributed by atoms with Crippen molar-refractivity contribution in [1.29, 1.82) is 0 Å². The van der Waals surface area contributed by atoms with E-state index in [1.54, 1.807) is 7.11 Å². The lowest BCUT2D eigenvalue weighted by molar-refractivity contribution is 0.0909. The highest BCUT2D eigenvalue weighted by Crippen LogP contribution is 2.36. The van der Waals surface area contributed by atoms with Gasteiger partial charge in [0, 0.05) is 57.4 Å². The van der Waals surface area contributed by atoms with Crippen LogP contribution in [0.5, 0.6) is 5.75 Å². The maximum atomic E-state index is 9.39. The fourth-order valence-electron chi connectivity index (χ4n) is 4.73. The van der Waals surface area contributed by atoms with Gasteiger partial charge in [0.1, 0.15) is 18.3 Å². The molecule has 0 aliphatic carbocycles. The Morgan fingerprint density at radius 3 is 2.61 bits per heavy atom. The van der Waals surface area contributed by atoms with Gasteiger partial charge >= 0.3 is 0 Å². The number of fused-ring (bicyclic) bond motifs is 4. The van der Waals surface area contributed by atoms with Crippen LogP contribution in [0.2, 0.25) is 25.7 Å². The van der Waals surface area contributed by atoms with Gasteiger partial charge in [-0.15, -0.1) is 0 Å². The number of aliphatic hydroxyl groups excluding tert-OH is 1. The van der Waals surface area contributed by atoms with E-state index in [9.17, 15) is 5.11 Å². The van der Waals surface area contributed by atoms with Crippen molar-refractivity contribution in [2.24, 2.45) is 7.05 Å². The van der Waals surface area contributed by atoms with Crippen LogP contribution in [0.25, 0.3) is 38.8 Å². The van der Waals surface area contributed by atoms with Crippen molar-refractivity contribution in [3.8, 4) is 17.0 Å². The van der Waals surface area contributed by atoms with Crippen molar-refractivity contribution in [2.45, 2.75) is 45.3 Å². The van der Waals surface area contributed by atoms with Gasteiger partial charge in [-0.2, -0.15) is 0 Å². The minimum Gasteiger partial charge on any atom is -0.497 e. The molecule has 36 heavy (non-hydrogen) atoms. The first-order valence-corrected chi connectivity index (χ1v) is 16.2. The normalized spacial score (nSPS) is 12.4. The van der Waals surface area contributed by atoms with E-state index in [0.717, 1.165) is 63.1 Å². The summed E-state index contributed by atoms with van der Waals surface area (Å²) < 4.78 is 18.3. The van der Waals surface area contributed by atoms with E-state index >= 15 is 0 Å². The number of ether oxygens (including phenoxy) is 2. The number of aromatic nitrogens is 5. The van der Waals surface area contributed by atoms with Gasteiger partial charge in [-0.3, -0.25) is 8.97 Å². The molecule has 1 aromatic carbocycles.